The molecule has 0 aliphatic rings. The summed E-state index contributed by atoms with van der Waals surface area (Å²) < 4.78 is 11.3. The second-order valence-electron chi connectivity index (χ2n) is 4.03. The quantitative estimate of drug-likeness (QED) is 0.669. The third-order valence-electron chi connectivity index (χ3n) is 2.80. The van der Waals surface area contributed by atoms with Gasteiger partial charge in [0.1, 0.15) is 0 Å². The molecule has 0 spiro atoms. The van der Waals surface area contributed by atoms with E-state index in [1.54, 1.807) is 0 Å². The molecule has 0 saturated heterocycles. The van der Waals surface area contributed by atoms with Gasteiger partial charge in [-0.1, -0.05) is 32.0 Å². The van der Waals surface area contributed by atoms with E-state index >= 15 is 0 Å². The number of hydrogen-bond donors (Lipinski definition) is 0. The Morgan fingerprint density at radius 2 is 1.29 bits per heavy atom. The average Bonchev–Trinajstić information content (AvgIpc) is 2.37. The first-order valence-electron chi connectivity index (χ1n) is 6.61. The molecule has 0 heterocycles. The molecule has 1 rings (SSSR count). The Bertz CT molecular complexity index is 305. The van der Waals surface area contributed by atoms with Gasteiger partial charge < -0.3 is 9.47 Å². The predicted molar refractivity (Wildman–Crippen MR) is 71.2 cm³/mol. The molecule has 0 bridgehead atoms. The average molecular weight is 236 g/mol. The van der Waals surface area contributed by atoms with E-state index in [2.05, 4.69) is 32.0 Å². The van der Waals surface area contributed by atoms with Gasteiger partial charge in [-0.3, -0.25) is 0 Å². The summed E-state index contributed by atoms with van der Waals surface area (Å²) in [5.74, 6) is 0. The summed E-state index contributed by atoms with van der Waals surface area (Å²) >= 11 is 0. The maximum absolute atomic E-state index is 5.65. The van der Waals surface area contributed by atoms with E-state index in [0.29, 0.717) is 13.2 Å². The lowest BCUT2D eigenvalue weighted by molar-refractivity contribution is -0.140. The molecular formula is C15H24O2. The molecule has 0 radical (unpaired) electrons. The maximum atomic E-state index is 5.65. The van der Waals surface area contributed by atoms with Crippen molar-refractivity contribution >= 4 is 0 Å². The van der Waals surface area contributed by atoms with Crippen LogP contribution < -0.4 is 0 Å². The molecule has 0 unspecified atom stereocenters. The van der Waals surface area contributed by atoms with Gasteiger partial charge in [0.15, 0.2) is 6.29 Å². The van der Waals surface area contributed by atoms with E-state index in [-0.39, 0.29) is 6.29 Å². The highest BCUT2D eigenvalue weighted by molar-refractivity contribution is 5.31. The fourth-order valence-electron chi connectivity index (χ4n) is 1.88. The summed E-state index contributed by atoms with van der Waals surface area (Å²) in [7, 11) is 0. The van der Waals surface area contributed by atoms with Crippen molar-refractivity contribution in [1.29, 1.82) is 0 Å². The second kappa shape index (κ2) is 7.46. The topological polar surface area (TPSA) is 18.5 Å². The first-order chi connectivity index (χ1) is 8.24. The van der Waals surface area contributed by atoms with Crippen molar-refractivity contribution in [3.63, 3.8) is 0 Å². The Kier molecular flexibility index (Phi) is 6.23. The molecule has 2 heteroatoms. The lowest BCUT2D eigenvalue weighted by Crippen LogP contribution is -2.09. The van der Waals surface area contributed by atoms with E-state index < -0.39 is 0 Å². The van der Waals surface area contributed by atoms with E-state index in [0.717, 1.165) is 18.4 Å². The lowest BCUT2D eigenvalue weighted by atomic mass is 10.0. The largest absolute Gasteiger partial charge is 0.349 e. The van der Waals surface area contributed by atoms with Crippen molar-refractivity contribution in [1.82, 2.24) is 0 Å². The Morgan fingerprint density at radius 3 is 1.65 bits per heavy atom. The Labute approximate surface area is 105 Å². The molecular weight excluding hydrogens is 212 g/mol. The van der Waals surface area contributed by atoms with Crippen molar-refractivity contribution in [2.24, 2.45) is 0 Å². The minimum absolute atomic E-state index is 0.221. The Balaban J connectivity index is 2.99. The van der Waals surface area contributed by atoms with Crippen LogP contribution in [0.15, 0.2) is 18.2 Å². The Hall–Kier alpha value is -0.860. The van der Waals surface area contributed by atoms with Crippen LogP contribution in [0.25, 0.3) is 0 Å². The summed E-state index contributed by atoms with van der Waals surface area (Å²) in [6, 6.07) is 6.64. The van der Waals surface area contributed by atoms with Crippen LogP contribution in [0.5, 0.6) is 0 Å². The van der Waals surface area contributed by atoms with E-state index in [9.17, 15) is 0 Å². The highest BCUT2D eigenvalue weighted by atomic mass is 16.7. The molecule has 96 valence electrons. The van der Waals surface area contributed by atoms with Gasteiger partial charge in [0.25, 0.3) is 0 Å². The van der Waals surface area contributed by atoms with Crippen LogP contribution >= 0.6 is 0 Å². The molecule has 0 fully saturated rings. The SMILES string of the molecule is CCOC(OCC)c1cc(CC)cc(CC)c1. The first-order valence-corrected chi connectivity index (χ1v) is 6.61. The predicted octanol–water partition coefficient (Wildman–Crippen LogP) is 3.88. The van der Waals surface area contributed by atoms with E-state index in [4.69, 9.17) is 9.47 Å². The highest BCUT2D eigenvalue weighted by Gasteiger charge is 2.12. The normalized spacial score (nSPS) is 11.1. The summed E-state index contributed by atoms with van der Waals surface area (Å²) in [6.07, 6.45) is 1.87. The van der Waals surface area contributed by atoms with Crippen LogP contribution in [0.4, 0.5) is 0 Å². The second-order valence-corrected chi connectivity index (χ2v) is 4.03. The van der Waals surface area contributed by atoms with Crippen molar-refractivity contribution in [2.45, 2.75) is 46.8 Å². The molecule has 0 saturated carbocycles. The molecule has 0 aromatic heterocycles. The number of aryl methyl sites for hydroxylation is 2. The molecule has 2 nitrogen and oxygen atoms in total. The third kappa shape index (κ3) is 4.14. The van der Waals surface area contributed by atoms with Crippen molar-refractivity contribution in [2.75, 3.05) is 13.2 Å². The van der Waals surface area contributed by atoms with Gasteiger partial charge in [0.05, 0.1) is 0 Å². The van der Waals surface area contributed by atoms with Gasteiger partial charge in [-0.25, -0.2) is 0 Å². The van der Waals surface area contributed by atoms with Crippen molar-refractivity contribution in [3.8, 4) is 0 Å². The zero-order chi connectivity index (χ0) is 12.7. The smallest absolute Gasteiger partial charge is 0.183 e. The number of ether oxygens (including phenoxy) is 2. The van der Waals surface area contributed by atoms with Gasteiger partial charge in [-0.15, -0.1) is 0 Å². The van der Waals surface area contributed by atoms with Crippen LogP contribution in [0, 0.1) is 0 Å². The van der Waals surface area contributed by atoms with Crippen LogP contribution in [-0.4, -0.2) is 13.2 Å². The molecule has 0 aliphatic heterocycles. The molecule has 17 heavy (non-hydrogen) atoms. The number of benzene rings is 1. The van der Waals surface area contributed by atoms with Crippen LogP contribution in [0.2, 0.25) is 0 Å². The Morgan fingerprint density at radius 1 is 0.824 bits per heavy atom. The zero-order valence-corrected chi connectivity index (χ0v) is 11.5. The van der Waals surface area contributed by atoms with Gasteiger partial charge in [-0.2, -0.15) is 0 Å². The first kappa shape index (κ1) is 14.2. The van der Waals surface area contributed by atoms with Gasteiger partial charge in [0.2, 0.25) is 0 Å². The summed E-state index contributed by atoms with van der Waals surface area (Å²) in [5.41, 5.74) is 3.84. The van der Waals surface area contributed by atoms with E-state index in [1.807, 2.05) is 13.8 Å². The molecule has 0 N–H and O–H groups in total. The van der Waals surface area contributed by atoms with Crippen molar-refractivity contribution in [3.05, 3.63) is 34.9 Å². The number of rotatable bonds is 7. The van der Waals surface area contributed by atoms with Crippen LogP contribution in [0.1, 0.15) is 50.7 Å². The fourth-order valence-corrected chi connectivity index (χ4v) is 1.88. The standard InChI is InChI=1S/C15H24O2/c1-5-12-9-13(6-2)11-14(10-12)15(16-7-3)17-8-4/h9-11,15H,5-8H2,1-4H3. The molecule has 1 aromatic carbocycles. The monoisotopic (exact) mass is 236 g/mol. The third-order valence-corrected chi connectivity index (χ3v) is 2.80. The molecule has 0 amide bonds. The maximum Gasteiger partial charge on any atom is 0.183 e. The summed E-state index contributed by atoms with van der Waals surface area (Å²) in [4.78, 5) is 0. The minimum atomic E-state index is -0.221. The molecule has 0 atom stereocenters. The van der Waals surface area contributed by atoms with Crippen molar-refractivity contribution < 1.29 is 9.47 Å². The molecule has 0 aliphatic carbocycles. The highest BCUT2D eigenvalue weighted by Crippen LogP contribution is 2.22. The van der Waals surface area contributed by atoms with Gasteiger partial charge in [-0.05, 0) is 37.8 Å². The molecule has 1 aromatic rings. The van der Waals surface area contributed by atoms with Crippen LogP contribution in [0.3, 0.4) is 0 Å². The lowest BCUT2D eigenvalue weighted by Gasteiger charge is -2.19. The van der Waals surface area contributed by atoms with E-state index in [1.165, 1.54) is 11.1 Å². The summed E-state index contributed by atoms with van der Waals surface area (Å²) in [5, 5.41) is 0. The van der Waals surface area contributed by atoms with Gasteiger partial charge >= 0.3 is 0 Å². The minimum Gasteiger partial charge on any atom is -0.349 e. The fraction of sp³-hybridized carbons (Fsp3) is 0.600. The number of hydrogen-bond acceptors (Lipinski definition) is 2. The zero-order valence-electron chi connectivity index (χ0n) is 11.5. The summed E-state index contributed by atoms with van der Waals surface area (Å²) in [6.45, 7) is 9.68. The van der Waals surface area contributed by atoms with Crippen LogP contribution in [-0.2, 0) is 22.3 Å². The van der Waals surface area contributed by atoms with Gasteiger partial charge in [0, 0.05) is 18.8 Å².